The van der Waals surface area contributed by atoms with Gasteiger partial charge in [-0.15, -0.1) is 0 Å². The van der Waals surface area contributed by atoms with Crippen molar-refractivity contribution in [1.29, 1.82) is 0 Å². The number of para-hydroxylation sites is 3. The van der Waals surface area contributed by atoms with E-state index in [4.69, 9.17) is 4.98 Å². The Morgan fingerprint density at radius 3 is 2.39 bits per heavy atom. The lowest BCUT2D eigenvalue weighted by atomic mass is 10.2. The highest BCUT2D eigenvalue weighted by Crippen LogP contribution is 2.18. The van der Waals surface area contributed by atoms with Crippen LogP contribution < -0.4 is 10.7 Å². The molecule has 2 heterocycles. The maximum absolute atomic E-state index is 13.0. The zero-order valence-corrected chi connectivity index (χ0v) is 18.2. The quantitative estimate of drug-likeness (QED) is 0.439. The number of benzene rings is 3. The zero-order valence-electron chi connectivity index (χ0n) is 18.2. The van der Waals surface area contributed by atoms with Crippen molar-refractivity contribution in [2.24, 2.45) is 0 Å². The number of nitrogens with one attached hydrogen (secondary N) is 1. The van der Waals surface area contributed by atoms with Crippen LogP contribution in [0.25, 0.3) is 21.9 Å². The molecule has 0 spiro atoms. The van der Waals surface area contributed by atoms with E-state index < -0.39 is 5.91 Å². The minimum absolute atomic E-state index is 0.110. The molecule has 7 nitrogen and oxygen atoms in total. The molecular formula is C26H23N5O2. The van der Waals surface area contributed by atoms with E-state index in [0.717, 1.165) is 16.6 Å². The molecule has 33 heavy (non-hydrogen) atoms. The number of fused-ring (bicyclic) bond motifs is 2. The van der Waals surface area contributed by atoms with E-state index in [2.05, 4.69) is 27.1 Å². The molecule has 7 heteroatoms. The lowest BCUT2D eigenvalue weighted by Crippen LogP contribution is -2.32. The summed E-state index contributed by atoms with van der Waals surface area (Å²) < 4.78 is 3.76. The molecule has 0 unspecified atom stereocenters. The molecule has 164 valence electrons. The SMILES string of the molecule is CCn1nc(C(=O)NCc2nc3ccccc3n2Cc2ccccc2)c(=O)c2ccccc21. The lowest BCUT2D eigenvalue weighted by molar-refractivity contribution is 0.0941. The number of aryl methyl sites for hydroxylation is 1. The van der Waals surface area contributed by atoms with E-state index in [1.165, 1.54) is 0 Å². The average molecular weight is 438 g/mol. The van der Waals surface area contributed by atoms with Crippen molar-refractivity contribution in [2.75, 3.05) is 0 Å². The number of nitrogens with zero attached hydrogens (tertiary/aromatic N) is 4. The third-order valence-corrected chi connectivity index (χ3v) is 5.70. The number of imidazole rings is 1. The van der Waals surface area contributed by atoms with Crippen LogP contribution in [0.4, 0.5) is 0 Å². The van der Waals surface area contributed by atoms with Crippen molar-refractivity contribution in [3.63, 3.8) is 0 Å². The first-order valence-electron chi connectivity index (χ1n) is 10.9. The van der Waals surface area contributed by atoms with Gasteiger partial charge in [0, 0.05) is 18.5 Å². The number of hydrogen-bond donors (Lipinski definition) is 1. The van der Waals surface area contributed by atoms with Gasteiger partial charge < -0.3 is 9.88 Å². The van der Waals surface area contributed by atoms with Crippen LogP contribution in [0.1, 0.15) is 28.8 Å². The summed E-state index contributed by atoms with van der Waals surface area (Å²) in [4.78, 5) is 30.7. The molecule has 1 amide bonds. The van der Waals surface area contributed by atoms with Gasteiger partial charge in [0.25, 0.3) is 5.91 Å². The van der Waals surface area contributed by atoms with E-state index in [0.29, 0.717) is 29.8 Å². The van der Waals surface area contributed by atoms with Crippen molar-refractivity contribution in [2.45, 2.75) is 26.6 Å². The number of aromatic nitrogens is 4. The molecule has 5 aromatic rings. The molecule has 0 radical (unpaired) electrons. The number of hydrogen-bond acceptors (Lipinski definition) is 4. The van der Waals surface area contributed by atoms with E-state index >= 15 is 0 Å². The van der Waals surface area contributed by atoms with Crippen molar-refractivity contribution in [3.05, 3.63) is 106 Å². The summed E-state index contributed by atoms with van der Waals surface area (Å²) in [6.45, 7) is 3.29. The van der Waals surface area contributed by atoms with Gasteiger partial charge in [0.05, 0.1) is 23.1 Å². The van der Waals surface area contributed by atoms with Crippen molar-refractivity contribution in [3.8, 4) is 0 Å². The number of carbonyl (C=O) groups excluding carboxylic acids is 1. The van der Waals surface area contributed by atoms with Gasteiger partial charge in [-0.25, -0.2) is 4.98 Å². The summed E-state index contributed by atoms with van der Waals surface area (Å²) in [6, 6.07) is 25.2. The molecular weight excluding hydrogens is 414 g/mol. The number of amides is 1. The fourth-order valence-electron chi connectivity index (χ4n) is 4.07. The first-order chi connectivity index (χ1) is 16.2. The van der Waals surface area contributed by atoms with Gasteiger partial charge in [-0.05, 0) is 36.8 Å². The predicted molar refractivity (Wildman–Crippen MR) is 128 cm³/mol. The standard InChI is InChI=1S/C26H23N5O2/c1-2-31-21-14-8-6-12-19(21)25(32)24(29-31)26(33)27-16-23-28-20-13-7-9-15-22(20)30(23)17-18-10-4-3-5-11-18/h3-15H,2,16-17H2,1H3,(H,27,33). The second-order valence-corrected chi connectivity index (χ2v) is 7.78. The first kappa shape index (κ1) is 20.6. The molecule has 0 atom stereocenters. The summed E-state index contributed by atoms with van der Waals surface area (Å²) in [7, 11) is 0. The summed E-state index contributed by atoms with van der Waals surface area (Å²) >= 11 is 0. The minimum atomic E-state index is -0.508. The Morgan fingerprint density at radius 2 is 1.61 bits per heavy atom. The molecule has 0 aliphatic rings. The summed E-state index contributed by atoms with van der Waals surface area (Å²) in [5.74, 6) is 0.205. The monoisotopic (exact) mass is 437 g/mol. The van der Waals surface area contributed by atoms with Crippen LogP contribution in [-0.2, 0) is 19.6 Å². The van der Waals surface area contributed by atoms with E-state index in [1.54, 1.807) is 16.8 Å². The highest BCUT2D eigenvalue weighted by molar-refractivity contribution is 5.95. The third-order valence-electron chi connectivity index (χ3n) is 5.70. The van der Waals surface area contributed by atoms with E-state index in [-0.39, 0.29) is 17.7 Å². The van der Waals surface area contributed by atoms with Crippen LogP contribution in [0.15, 0.2) is 83.7 Å². The molecule has 5 rings (SSSR count). The highest BCUT2D eigenvalue weighted by Gasteiger charge is 2.18. The Morgan fingerprint density at radius 1 is 0.909 bits per heavy atom. The van der Waals surface area contributed by atoms with Gasteiger partial charge in [-0.1, -0.05) is 54.6 Å². The van der Waals surface area contributed by atoms with E-state index in [9.17, 15) is 9.59 Å². The molecule has 0 fully saturated rings. The summed E-state index contributed by atoms with van der Waals surface area (Å²) in [5.41, 5.74) is 3.21. The van der Waals surface area contributed by atoms with Crippen LogP contribution in [0.5, 0.6) is 0 Å². The number of carbonyl (C=O) groups is 1. The van der Waals surface area contributed by atoms with Crippen LogP contribution >= 0.6 is 0 Å². The predicted octanol–water partition coefficient (Wildman–Crippen LogP) is 3.74. The van der Waals surface area contributed by atoms with Gasteiger partial charge in [0.15, 0.2) is 5.69 Å². The van der Waals surface area contributed by atoms with Crippen LogP contribution in [0.2, 0.25) is 0 Å². The molecule has 0 aliphatic carbocycles. The highest BCUT2D eigenvalue weighted by atomic mass is 16.2. The van der Waals surface area contributed by atoms with Gasteiger partial charge in [0.2, 0.25) is 5.43 Å². The second kappa shape index (κ2) is 8.70. The normalized spacial score (nSPS) is 11.2. The molecule has 0 bridgehead atoms. The van der Waals surface area contributed by atoms with Crippen molar-refractivity contribution >= 4 is 27.8 Å². The third kappa shape index (κ3) is 3.89. The zero-order chi connectivity index (χ0) is 22.8. The lowest BCUT2D eigenvalue weighted by Gasteiger charge is -2.12. The van der Waals surface area contributed by atoms with Gasteiger partial charge in [-0.2, -0.15) is 5.10 Å². The number of rotatable bonds is 6. The molecule has 0 saturated carbocycles. The maximum atomic E-state index is 13.0. The fourth-order valence-corrected chi connectivity index (χ4v) is 4.07. The van der Waals surface area contributed by atoms with Crippen LogP contribution in [-0.4, -0.2) is 25.2 Å². The molecule has 3 aromatic carbocycles. The average Bonchev–Trinajstić information content (AvgIpc) is 3.21. The van der Waals surface area contributed by atoms with Gasteiger partial charge >= 0.3 is 0 Å². The Kier molecular flexibility index (Phi) is 5.44. The largest absolute Gasteiger partial charge is 0.343 e. The Hall–Kier alpha value is -4.26. The second-order valence-electron chi connectivity index (χ2n) is 7.78. The maximum Gasteiger partial charge on any atom is 0.276 e. The van der Waals surface area contributed by atoms with Gasteiger partial charge in [-0.3, -0.25) is 14.3 Å². The summed E-state index contributed by atoms with van der Waals surface area (Å²) in [5, 5.41) is 7.67. The fraction of sp³-hybridized carbons (Fsp3) is 0.154. The Labute approximate surface area is 190 Å². The van der Waals surface area contributed by atoms with Crippen LogP contribution in [0, 0.1) is 0 Å². The molecule has 1 N–H and O–H groups in total. The van der Waals surface area contributed by atoms with Crippen molar-refractivity contribution in [1.82, 2.24) is 24.6 Å². The molecule has 0 saturated heterocycles. The summed E-state index contributed by atoms with van der Waals surface area (Å²) in [6.07, 6.45) is 0. The molecule has 0 aliphatic heterocycles. The first-order valence-corrected chi connectivity index (χ1v) is 10.9. The smallest absolute Gasteiger partial charge is 0.276 e. The Balaban J connectivity index is 1.47. The molecule has 2 aromatic heterocycles. The topological polar surface area (TPSA) is 81.8 Å². The minimum Gasteiger partial charge on any atom is -0.343 e. The van der Waals surface area contributed by atoms with Crippen molar-refractivity contribution < 1.29 is 4.79 Å². The van der Waals surface area contributed by atoms with E-state index in [1.807, 2.05) is 61.5 Å². The van der Waals surface area contributed by atoms with Crippen LogP contribution in [0.3, 0.4) is 0 Å². The van der Waals surface area contributed by atoms with Gasteiger partial charge in [0.1, 0.15) is 5.82 Å². The Bertz CT molecular complexity index is 1520.